The molecule has 0 atom stereocenters. The molecule has 5 nitrogen and oxygen atoms in total. The van der Waals surface area contributed by atoms with E-state index in [1.54, 1.807) is 0 Å². The zero-order chi connectivity index (χ0) is 14.7. The molecule has 0 unspecified atom stereocenters. The van der Waals surface area contributed by atoms with Crippen LogP contribution in [0.3, 0.4) is 0 Å². The molecule has 1 fully saturated rings. The topological polar surface area (TPSA) is 68.2 Å². The van der Waals surface area contributed by atoms with Gasteiger partial charge in [-0.3, -0.25) is 0 Å². The maximum Gasteiger partial charge on any atom is 0.189 e. The van der Waals surface area contributed by atoms with E-state index in [-0.39, 0.29) is 24.0 Å². The number of halogens is 1. The quantitative estimate of drug-likeness (QED) is 0.462. The summed E-state index contributed by atoms with van der Waals surface area (Å²) in [5.41, 5.74) is 8.13. The van der Waals surface area contributed by atoms with Crippen molar-refractivity contribution in [1.82, 2.24) is 14.9 Å². The molecule has 6 heteroatoms. The van der Waals surface area contributed by atoms with Crippen LogP contribution < -0.4 is 11.1 Å². The van der Waals surface area contributed by atoms with E-state index < -0.39 is 0 Å². The number of hydrogen-bond acceptors (Lipinski definition) is 2. The average Bonchev–Trinajstić information content (AvgIpc) is 2.83. The molecular weight excluding hydrogens is 389 g/mol. The van der Waals surface area contributed by atoms with E-state index in [2.05, 4.69) is 25.9 Å². The second-order valence-corrected chi connectivity index (χ2v) is 5.76. The number of nitrogens with zero attached hydrogens (tertiary/aromatic N) is 3. The Morgan fingerprint density at radius 1 is 1.32 bits per heavy atom. The Hall–Kier alpha value is -1.31. The highest BCUT2D eigenvalue weighted by Gasteiger charge is 2.13. The predicted molar refractivity (Wildman–Crippen MR) is 101 cm³/mol. The van der Waals surface area contributed by atoms with Crippen LogP contribution >= 0.6 is 24.0 Å². The SMILES string of the molecule is Cn1c(CN=C(N)NC2CCCCC2)nc2ccccc21.I. The minimum Gasteiger partial charge on any atom is -0.370 e. The molecule has 0 bridgehead atoms. The molecule has 0 radical (unpaired) electrons. The molecule has 1 aliphatic carbocycles. The van der Waals surface area contributed by atoms with Crippen LogP contribution in [0.5, 0.6) is 0 Å². The fourth-order valence-electron chi connectivity index (χ4n) is 2.99. The van der Waals surface area contributed by atoms with E-state index in [1.807, 2.05) is 25.2 Å². The summed E-state index contributed by atoms with van der Waals surface area (Å²) < 4.78 is 2.08. The first-order valence-corrected chi connectivity index (χ1v) is 7.71. The molecule has 120 valence electrons. The van der Waals surface area contributed by atoms with Crippen LogP contribution in [0.2, 0.25) is 0 Å². The van der Waals surface area contributed by atoms with Crippen molar-refractivity contribution in [3.63, 3.8) is 0 Å². The summed E-state index contributed by atoms with van der Waals surface area (Å²) >= 11 is 0. The van der Waals surface area contributed by atoms with E-state index in [4.69, 9.17) is 5.73 Å². The molecule has 1 heterocycles. The van der Waals surface area contributed by atoms with E-state index in [0.29, 0.717) is 18.5 Å². The Morgan fingerprint density at radius 3 is 2.77 bits per heavy atom. The van der Waals surface area contributed by atoms with Crippen molar-refractivity contribution in [2.45, 2.75) is 44.7 Å². The minimum absolute atomic E-state index is 0. The van der Waals surface area contributed by atoms with Gasteiger partial charge in [-0.15, -0.1) is 24.0 Å². The second-order valence-electron chi connectivity index (χ2n) is 5.76. The van der Waals surface area contributed by atoms with Crippen molar-refractivity contribution >= 4 is 41.0 Å². The van der Waals surface area contributed by atoms with Gasteiger partial charge in [0.05, 0.1) is 11.0 Å². The fraction of sp³-hybridized carbons (Fsp3) is 0.500. The Labute approximate surface area is 148 Å². The number of guanidine groups is 1. The van der Waals surface area contributed by atoms with Crippen LogP contribution in [0.4, 0.5) is 0 Å². The summed E-state index contributed by atoms with van der Waals surface area (Å²) in [4.78, 5) is 9.05. The Morgan fingerprint density at radius 2 is 2.05 bits per heavy atom. The van der Waals surface area contributed by atoms with Crippen molar-refractivity contribution in [3.8, 4) is 0 Å². The van der Waals surface area contributed by atoms with E-state index >= 15 is 0 Å². The number of nitrogens with one attached hydrogen (secondary N) is 1. The monoisotopic (exact) mass is 413 g/mol. The van der Waals surface area contributed by atoms with Crippen molar-refractivity contribution < 1.29 is 0 Å². The van der Waals surface area contributed by atoms with Gasteiger partial charge in [-0.05, 0) is 25.0 Å². The first kappa shape index (κ1) is 17.1. The number of aliphatic imine (C=N–C) groups is 1. The lowest BCUT2D eigenvalue weighted by molar-refractivity contribution is 0.412. The number of hydrogen-bond donors (Lipinski definition) is 2. The van der Waals surface area contributed by atoms with Crippen LogP contribution in [0.15, 0.2) is 29.3 Å². The van der Waals surface area contributed by atoms with Crippen LogP contribution in [-0.4, -0.2) is 21.6 Å². The lowest BCUT2D eigenvalue weighted by Crippen LogP contribution is -2.41. The van der Waals surface area contributed by atoms with Crippen molar-refractivity contribution in [2.75, 3.05) is 0 Å². The summed E-state index contributed by atoms with van der Waals surface area (Å²) in [5.74, 6) is 1.47. The predicted octanol–water partition coefficient (Wildman–Crippen LogP) is 2.93. The minimum atomic E-state index is 0. The third kappa shape index (κ3) is 3.91. The lowest BCUT2D eigenvalue weighted by atomic mass is 9.96. The molecule has 1 aromatic carbocycles. The maximum absolute atomic E-state index is 6.00. The van der Waals surface area contributed by atoms with Gasteiger partial charge < -0.3 is 15.6 Å². The van der Waals surface area contributed by atoms with Gasteiger partial charge in [-0.2, -0.15) is 0 Å². The molecule has 1 saturated carbocycles. The van der Waals surface area contributed by atoms with Gasteiger partial charge in [0.25, 0.3) is 0 Å². The molecule has 3 N–H and O–H groups in total. The van der Waals surface area contributed by atoms with Gasteiger partial charge in [0.2, 0.25) is 0 Å². The number of aromatic nitrogens is 2. The number of aryl methyl sites for hydroxylation is 1. The number of fused-ring (bicyclic) bond motifs is 1. The molecule has 22 heavy (non-hydrogen) atoms. The Bertz CT molecular complexity index is 643. The molecule has 1 aliphatic rings. The van der Waals surface area contributed by atoms with Crippen LogP contribution in [0.25, 0.3) is 11.0 Å². The number of imidazole rings is 1. The van der Waals surface area contributed by atoms with Gasteiger partial charge >= 0.3 is 0 Å². The normalized spacial score (nSPS) is 16.5. The lowest BCUT2D eigenvalue weighted by Gasteiger charge is -2.23. The van der Waals surface area contributed by atoms with Gasteiger partial charge in [0.15, 0.2) is 5.96 Å². The van der Waals surface area contributed by atoms with Gasteiger partial charge in [0, 0.05) is 13.1 Å². The first-order valence-electron chi connectivity index (χ1n) is 7.71. The maximum atomic E-state index is 6.00. The summed E-state index contributed by atoms with van der Waals surface area (Å²) in [6, 6.07) is 8.60. The molecule has 0 spiro atoms. The van der Waals surface area contributed by atoms with Gasteiger partial charge in [-0.1, -0.05) is 31.4 Å². The van der Waals surface area contributed by atoms with Crippen molar-refractivity contribution in [1.29, 1.82) is 0 Å². The molecule has 0 saturated heterocycles. The molecule has 3 rings (SSSR count). The zero-order valence-corrected chi connectivity index (χ0v) is 15.3. The number of rotatable bonds is 3. The van der Waals surface area contributed by atoms with Crippen LogP contribution in [0, 0.1) is 0 Å². The zero-order valence-electron chi connectivity index (χ0n) is 13.0. The highest BCUT2D eigenvalue weighted by atomic mass is 127. The van der Waals surface area contributed by atoms with Gasteiger partial charge in [0.1, 0.15) is 12.4 Å². The largest absolute Gasteiger partial charge is 0.370 e. The number of benzene rings is 1. The Balaban J connectivity index is 0.00000176. The summed E-state index contributed by atoms with van der Waals surface area (Å²) in [6.07, 6.45) is 6.31. The summed E-state index contributed by atoms with van der Waals surface area (Å²) in [6.45, 7) is 0.511. The van der Waals surface area contributed by atoms with Gasteiger partial charge in [-0.25, -0.2) is 9.98 Å². The number of para-hydroxylation sites is 2. The smallest absolute Gasteiger partial charge is 0.189 e. The average molecular weight is 413 g/mol. The first-order chi connectivity index (χ1) is 10.2. The number of nitrogens with two attached hydrogens (primary N) is 1. The molecule has 0 aliphatic heterocycles. The third-order valence-corrected chi connectivity index (χ3v) is 4.23. The van der Waals surface area contributed by atoms with Crippen LogP contribution in [0.1, 0.15) is 37.9 Å². The fourth-order valence-corrected chi connectivity index (χ4v) is 2.99. The highest BCUT2D eigenvalue weighted by molar-refractivity contribution is 14.0. The molecule has 2 aromatic rings. The van der Waals surface area contributed by atoms with Crippen molar-refractivity contribution in [2.24, 2.45) is 17.8 Å². The summed E-state index contributed by atoms with van der Waals surface area (Å²) in [7, 11) is 2.02. The van der Waals surface area contributed by atoms with Crippen LogP contribution in [-0.2, 0) is 13.6 Å². The van der Waals surface area contributed by atoms with Crippen molar-refractivity contribution in [3.05, 3.63) is 30.1 Å². The van der Waals surface area contributed by atoms with E-state index in [1.165, 1.54) is 32.1 Å². The third-order valence-electron chi connectivity index (χ3n) is 4.23. The summed E-state index contributed by atoms with van der Waals surface area (Å²) in [5, 5.41) is 3.33. The molecular formula is C16H24IN5. The molecule has 0 amide bonds. The van der Waals surface area contributed by atoms with E-state index in [0.717, 1.165) is 16.9 Å². The Kier molecular flexibility index (Phi) is 6.05. The van der Waals surface area contributed by atoms with E-state index in [9.17, 15) is 0 Å². The second kappa shape index (κ2) is 7.80. The standard InChI is InChI=1S/C16H23N5.HI/c1-21-14-10-6-5-9-13(14)20-15(21)11-18-16(17)19-12-7-3-2-4-8-12;/h5-6,9-10,12H,2-4,7-8,11H2,1H3,(H3,17,18,19);1H. The molecule has 1 aromatic heterocycles. The highest BCUT2D eigenvalue weighted by Crippen LogP contribution is 2.17.